The predicted molar refractivity (Wildman–Crippen MR) is 54.9 cm³/mol. The van der Waals surface area contributed by atoms with Crippen LogP contribution in [-0.2, 0) is 4.74 Å². The van der Waals surface area contributed by atoms with Crippen molar-refractivity contribution in [2.75, 3.05) is 26.9 Å². The Morgan fingerprint density at radius 1 is 1.31 bits per heavy atom. The average Bonchev–Trinajstić information content (AvgIpc) is 2.05. The zero-order valence-electron chi connectivity index (χ0n) is 9.29. The second kappa shape index (κ2) is 7.30. The number of nitrogens with zero attached hydrogens (tertiary/aromatic N) is 1. The number of ether oxygens (including phenoxy) is 1. The van der Waals surface area contributed by atoms with E-state index < -0.39 is 0 Å². The van der Waals surface area contributed by atoms with Gasteiger partial charge in [-0.2, -0.15) is 0 Å². The molecule has 1 atom stereocenters. The van der Waals surface area contributed by atoms with Crippen molar-refractivity contribution >= 4 is 0 Å². The summed E-state index contributed by atoms with van der Waals surface area (Å²) < 4.78 is 5.11. The maximum Gasteiger partial charge on any atom is 0.0615 e. The van der Waals surface area contributed by atoms with Gasteiger partial charge in [-0.25, -0.2) is 0 Å². The van der Waals surface area contributed by atoms with Gasteiger partial charge in [-0.15, -0.1) is 0 Å². The highest BCUT2D eigenvalue weighted by molar-refractivity contribution is 4.70. The summed E-state index contributed by atoms with van der Waals surface area (Å²) in [6, 6.07) is 0.938. The molecule has 0 aliphatic carbocycles. The van der Waals surface area contributed by atoms with Crippen molar-refractivity contribution in [1.82, 2.24) is 4.90 Å². The molecule has 1 unspecified atom stereocenters. The zero-order chi connectivity index (χ0) is 10.3. The lowest BCUT2D eigenvalue weighted by molar-refractivity contribution is 0.0742. The van der Waals surface area contributed by atoms with Gasteiger partial charge in [0.1, 0.15) is 0 Å². The molecule has 0 aromatic carbocycles. The fourth-order valence-electron chi connectivity index (χ4n) is 1.58. The molecule has 3 nitrogen and oxygen atoms in total. The van der Waals surface area contributed by atoms with E-state index in [4.69, 9.17) is 9.84 Å². The van der Waals surface area contributed by atoms with Crippen LogP contribution in [0.15, 0.2) is 0 Å². The highest BCUT2D eigenvalue weighted by atomic mass is 16.5. The SMILES string of the molecule is COCC(C)N(CCCO)C(C)C. The van der Waals surface area contributed by atoms with Gasteiger partial charge in [-0.1, -0.05) is 0 Å². The van der Waals surface area contributed by atoms with E-state index in [0.717, 1.165) is 19.6 Å². The summed E-state index contributed by atoms with van der Waals surface area (Å²) in [5.41, 5.74) is 0. The lowest BCUT2D eigenvalue weighted by Gasteiger charge is -2.32. The van der Waals surface area contributed by atoms with Crippen molar-refractivity contribution in [2.45, 2.75) is 39.3 Å². The Bertz CT molecular complexity index is 117. The lowest BCUT2D eigenvalue weighted by Crippen LogP contribution is -2.42. The molecular formula is C10H23NO2. The molecule has 0 radical (unpaired) electrons. The molecule has 0 heterocycles. The molecule has 0 aliphatic rings. The fourth-order valence-corrected chi connectivity index (χ4v) is 1.58. The molecule has 80 valence electrons. The number of rotatable bonds is 7. The van der Waals surface area contributed by atoms with Crippen LogP contribution in [0, 0.1) is 0 Å². The van der Waals surface area contributed by atoms with E-state index in [9.17, 15) is 0 Å². The Balaban J connectivity index is 3.91. The molecule has 1 N–H and O–H groups in total. The van der Waals surface area contributed by atoms with Gasteiger partial charge in [0.25, 0.3) is 0 Å². The first-order valence-corrected chi connectivity index (χ1v) is 4.99. The number of methoxy groups -OCH3 is 1. The first-order chi connectivity index (χ1) is 6.13. The number of hydrogen-bond donors (Lipinski definition) is 1. The largest absolute Gasteiger partial charge is 0.396 e. The second-order valence-corrected chi connectivity index (χ2v) is 3.71. The fraction of sp³-hybridized carbons (Fsp3) is 1.00. The molecule has 0 amide bonds. The summed E-state index contributed by atoms with van der Waals surface area (Å²) in [5, 5.41) is 8.75. The Hall–Kier alpha value is -0.120. The van der Waals surface area contributed by atoms with Crippen LogP contribution in [0.4, 0.5) is 0 Å². The van der Waals surface area contributed by atoms with E-state index in [1.54, 1.807) is 7.11 Å². The predicted octanol–water partition coefficient (Wildman–Crippen LogP) is 1.11. The monoisotopic (exact) mass is 189 g/mol. The van der Waals surface area contributed by atoms with Crippen molar-refractivity contribution in [2.24, 2.45) is 0 Å². The van der Waals surface area contributed by atoms with Gasteiger partial charge in [0.15, 0.2) is 0 Å². The second-order valence-electron chi connectivity index (χ2n) is 3.71. The summed E-state index contributed by atoms with van der Waals surface area (Å²) in [6.45, 7) is 8.46. The average molecular weight is 189 g/mol. The van der Waals surface area contributed by atoms with Crippen LogP contribution in [0.25, 0.3) is 0 Å². The molecule has 3 heteroatoms. The third-order valence-corrected chi connectivity index (χ3v) is 2.21. The van der Waals surface area contributed by atoms with Crippen LogP contribution >= 0.6 is 0 Å². The highest BCUT2D eigenvalue weighted by Gasteiger charge is 2.15. The van der Waals surface area contributed by atoms with Gasteiger partial charge in [0, 0.05) is 32.3 Å². The number of aliphatic hydroxyl groups excluding tert-OH is 1. The van der Waals surface area contributed by atoms with Crippen LogP contribution < -0.4 is 0 Å². The standard InChI is InChI=1S/C10H23NO2/c1-9(2)11(6-5-7-12)10(3)8-13-4/h9-10,12H,5-8H2,1-4H3. The summed E-state index contributed by atoms with van der Waals surface area (Å²) in [6.07, 6.45) is 0.840. The Morgan fingerprint density at radius 2 is 1.92 bits per heavy atom. The van der Waals surface area contributed by atoms with Gasteiger partial charge < -0.3 is 9.84 Å². The maximum absolute atomic E-state index is 8.75. The molecular weight excluding hydrogens is 166 g/mol. The van der Waals surface area contributed by atoms with E-state index in [0.29, 0.717) is 12.1 Å². The molecule has 0 aliphatic heterocycles. The van der Waals surface area contributed by atoms with Crippen LogP contribution in [0.5, 0.6) is 0 Å². The van der Waals surface area contributed by atoms with E-state index >= 15 is 0 Å². The third kappa shape index (κ3) is 5.24. The summed E-state index contributed by atoms with van der Waals surface area (Å²) in [4.78, 5) is 2.35. The summed E-state index contributed by atoms with van der Waals surface area (Å²) >= 11 is 0. The van der Waals surface area contributed by atoms with Crippen molar-refractivity contribution in [3.63, 3.8) is 0 Å². The zero-order valence-corrected chi connectivity index (χ0v) is 9.29. The minimum Gasteiger partial charge on any atom is -0.396 e. The minimum absolute atomic E-state index is 0.267. The minimum atomic E-state index is 0.267. The molecule has 0 aromatic rings. The molecule has 0 saturated heterocycles. The third-order valence-electron chi connectivity index (χ3n) is 2.21. The summed E-state index contributed by atoms with van der Waals surface area (Å²) in [7, 11) is 1.72. The smallest absolute Gasteiger partial charge is 0.0615 e. The Morgan fingerprint density at radius 3 is 2.31 bits per heavy atom. The van der Waals surface area contributed by atoms with E-state index in [1.165, 1.54) is 0 Å². The molecule has 0 spiro atoms. The van der Waals surface area contributed by atoms with Crippen molar-refractivity contribution in [3.05, 3.63) is 0 Å². The van der Waals surface area contributed by atoms with Crippen molar-refractivity contribution in [1.29, 1.82) is 0 Å². The topological polar surface area (TPSA) is 32.7 Å². The quantitative estimate of drug-likeness (QED) is 0.651. The summed E-state index contributed by atoms with van der Waals surface area (Å²) in [5.74, 6) is 0. The molecule has 0 saturated carbocycles. The van der Waals surface area contributed by atoms with Crippen molar-refractivity contribution in [3.8, 4) is 0 Å². The first-order valence-electron chi connectivity index (χ1n) is 4.99. The molecule has 13 heavy (non-hydrogen) atoms. The van der Waals surface area contributed by atoms with Crippen LogP contribution in [0.3, 0.4) is 0 Å². The van der Waals surface area contributed by atoms with Crippen LogP contribution in [-0.4, -0.2) is 49.0 Å². The Kier molecular flexibility index (Phi) is 7.23. The van der Waals surface area contributed by atoms with Gasteiger partial charge in [-0.05, 0) is 27.2 Å². The van der Waals surface area contributed by atoms with Gasteiger partial charge in [-0.3, -0.25) is 4.90 Å². The van der Waals surface area contributed by atoms with E-state index in [2.05, 4.69) is 25.7 Å². The lowest BCUT2D eigenvalue weighted by atomic mass is 10.2. The normalized spacial score (nSPS) is 14.1. The van der Waals surface area contributed by atoms with Crippen LogP contribution in [0.1, 0.15) is 27.2 Å². The van der Waals surface area contributed by atoms with Gasteiger partial charge >= 0.3 is 0 Å². The molecule has 0 rings (SSSR count). The van der Waals surface area contributed by atoms with E-state index in [-0.39, 0.29) is 6.61 Å². The van der Waals surface area contributed by atoms with E-state index in [1.807, 2.05) is 0 Å². The highest BCUT2D eigenvalue weighted by Crippen LogP contribution is 2.06. The Labute approximate surface area is 81.7 Å². The first kappa shape index (κ1) is 12.9. The maximum atomic E-state index is 8.75. The van der Waals surface area contributed by atoms with Crippen LogP contribution in [0.2, 0.25) is 0 Å². The number of hydrogen-bond acceptors (Lipinski definition) is 3. The van der Waals surface area contributed by atoms with Gasteiger partial charge in [0.2, 0.25) is 0 Å². The van der Waals surface area contributed by atoms with Crippen molar-refractivity contribution < 1.29 is 9.84 Å². The molecule has 0 bridgehead atoms. The molecule has 0 fully saturated rings. The van der Waals surface area contributed by atoms with Gasteiger partial charge in [0.05, 0.1) is 6.61 Å². The molecule has 0 aromatic heterocycles. The number of aliphatic hydroxyl groups is 1.